The second kappa shape index (κ2) is 6.82. The Morgan fingerprint density at radius 3 is 2.62 bits per heavy atom. The van der Waals surface area contributed by atoms with E-state index in [0.29, 0.717) is 34.4 Å². The van der Waals surface area contributed by atoms with E-state index in [9.17, 15) is 4.79 Å². The molecule has 0 aliphatic heterocycles. The monoisotopic (exact) mass is 328 g/mol. The summed E-state index contributed by atoms with van der Waals surface area (Å²) < 4.78 is 1.94. The van der Waals surface area contributed by atoms with Crippen LogP contribution < -0.4 is 11.1 Å². The lowest BCUT2D eigenvalue weighted by molar-refractivity contribution is -0.116. The SMILES string of the molecule is CC/C(C)=C(/C(=N)c1cn(C(C)C)c2ncnc(N)c12)C(=O)NC. The zero-order valence-corrected chi connectivity index (χ0v) is 14.8. The van der Waals surface area contributed by atoms with E-state index in [0.717, 1.165) is 5.57 Å². The van der Waals surface area contributed by atoms with Gasteiger partial charge in [-0.15, -0.1) is 0 Å². The average molecular weight is 328 g/mol. The fourth-order valence-corrected chi connectivity index (χ4v) is 2.65. The molecule has 4 N–H and O–H groups in total. The van der Waals surface area contributed by atoms with Crippen LogP contribution in [0.25, 0.3) is 11.0 Å². The molecular formula is C17H24N6O. The molecule has 0 aromatic carbocycles. The zero-order valence-electron chi connectivity index (χ0n) is 14.8. The summed E-state index contributed by atoms with van der Waals surface area (Å²) in [5.74, 6) is 0.0322. The van der Waals surface area contributed by atoms with Crippen molar-refractivity contribution in [3.8, 4) is 0 Å². The van der Waals surface area contributed by atoms with E-state index < -0.39 is 0 Å². The number of likely N-dealkylation sites (N-methyl/N-ethyl adjacent to an activating group) is 1. The number of aromatic nitrogens is 3. The van der Waals surface area contributed by atoms with Crippen molar-refractivity contribution in [2.24, 2.45) is 0 Å². The Hall–Kier alpha value is -2.70. The summed E-state index contributed by atoms with van der Waals surface area (Å²) in [5, 5.41) is 11.9. The molecule has 0 aliphatic carbocycles. The van der Waals surface area contributed by atoms with Crippen LogP contribution in [0.2, 0.25) is 0 Å². The minimum Gasteiger partial charge on any atom is -0.383 e. The normalized spacial score (nSPS) is 12.4. The number of fused-ring (bicyclic) bond motifs is 1. The van der Waals surface area contributed by atoms with Gasteiger partial charge in [-0.1, -0.05) is 12.5 Å². The molecular weight excluding hydrogens is 304 g/mol. The summed E-state index contributed by atoms with van der Waals surface area (Å²) in [4.78, 5) is 20.7. The number of amides is 1. The molecule has 2 aromatic rings. The van der Waals surface area contributed by atoms with Gasteiger partial charge in [0.15, 0.2) is 0 Å². The number of allylic oxidation sites excluding steroid dienone is 1. The smallest absolute Gasteiger partial charge is 0.253 e. The van der Waals surface area contributed by atoms with Crippen molar-refractivity contribution in [3.05, 3.63) is 29.2 Å². The number of rotatable bonds is 5. The molecule has 7 nitrogen and oxygen atoms in total. The Kier molecular flexibility index (Phi) is 5.02. The van der Waals surface area contributed by atoms with Crippen molar-refractivity contribution in [3.63, 3.8) is 0 Å². The Bertz CT molecular complexity index is 831. The summed E-state index contributed by atoms with van der Waals surface area (Å²) in [7, 11) is 1.56. The van der Waals surface area contributed by atoms with E-state index in [1.165, 1.54) is 6.33 Å². The predicted octanol–water partition coefficient (Wildman–Crippen LogP) is 2.43. The fourth-order valence-electron chi connectivity index (χ4n) is 2.65. The van der Waals surface area contributed by atoms with E-state index in [-0.39, 0.29) is 17.7 Å². The number of nitrogens with two attached hydrogens (primary N) is 1. The number of carbonyl (C=O) groups excluding carboxylic acids is 1. The topological polar surface area (TPSA) is 110 Å². The third kappa shape index (κ3) is 2.89. The second-order valence-corrected chi connectivity index (χ2v) is 5.96. The number of anilines is 1. The minimum atomic E-state index is -0.278. The highest BCUT2D eigenvalue weighted by molar-refractivity contribution is 6.30. The van der Waals surface area contributed by atoms with Crippen molar-refractivity contribution >= 4 is 28.5 Å². The summed E-state index contributed by atoms with van der Waals surface area (Å²) >= 11 is 0. The number of nitrogens with zero attached hydrogens (tertiary/aromatic N) is 3. The maximum absolute atomic E-state index is 12.3. The van der Waals surface area contributed by atoms with E-state index in [1.54, 1.807) is 7.05 Å². The van der Waals surface area contributed by atoms with Gasteiger partial charge in [0.1, 0.15) is 17.8 Å². The van der Waals surface area contributed by atoms with Crippen molar-refractivity contribution < 1.29 is 4.79 Å². The zero-order chi connectivity index (χ0) is 18.0. The van der Waals surface area contributed by atoms with Gasteiger partial charge in [0.25, 0.3) is 5.91 Å². The highest BCUT2D eigenvalue weighted by Crippen LogP contribution is 2.29. The first-order chi connectivity index (χ1) is 11.3. The van der Waals surface area contributed by atoms with Crippen LogP contribution in [0.4, 0.5) is 5.82 Å². The van der Waals surface area contributed by atoms with Crippen molar-refractivity contribution in [2.45, 2.75) is 40.2 Å². The van der Waals surface area contributed by atoms with Crippen LogP contribution in [0.15, 0.2) is 23.7 Å². The molecule has 2 rings (SSSR count). The summed E-state index contributed by atoms with van der Waals surface area (Å²) in [6.45, 7) is 7.87. The van der Waals surface area contributed by atoms with E-state index in [1.807, 2.05) is 38.5 Å². The van der Waals surface area contributed by atoms with Crippen molar-refractivity contribution in [1.29, 1.82) is 5.41 Å². The van der Waals surface area contributed by atoms with Crippen LogP contribution in [0, 0.1) is 5.41 Å². The van der Waals surface area contributed by atoms with Gasteiger partial charge in [-0.25, -0.2) is 9.97 Å². The van der Waals surface area contributed by atoms with Crippen LogP contribution in [0.1, 0.15) is 45.7 Å². The maximum Gasteiger partial charge on any atom is 0.253 e. The first-order valence-corrected chi connectivity index (χ1v) is 7.95. The number of nitrogen functional groups attached to an aromatic ring is 1. The molecule has 128 valence electrons. The molecule has 0 radical (unpaired) electrons. The average Bonchev–Trinajstić information content (AvgIpc) is 2.95. The third-order valence-electron chi connectivity index (χ3n) is 4.13. The number of nitrogens with one attached hydrogen (secondary N) is 2. The van der Waals surface area contributed by atoms with Gasteiger partial charge in [-0.3, -0.25) is 10.2 Å². The minimum absolute atomic E-state index is 0.139. The van der Waals surface area contributed by atoms with Gasteiger partial charge in [0.2, 0.25) is 0 Å². The first kappa shape index (κ1) is 17.7. The molecule has 0 bridgehead atoms. The van der Waals surface area contributed by atoms with E-state index in [2.05, 4.69) is 15.3 Å². The summed E-state index contributed by atoms with van der Waals surface area (Å²) in [6.07, 6.45) is 3.92. The molecule has 0 unspecified atom stereocenters. The molecule has 7 heteroatoms. The van der Waals surface area contributed by atoms with Gasteiger partial charge >= 0.3 is 0 Å². The second-order valence-electron chi connectivity index (χ2n) is 5.96. The molecule has 0 aliphatic rings. The Morgan fingerprint density at radius 2 is 2.08 bits per heavy atom. The van der Waals surface area contributed by atoms with Crippen LogP contribution in [-0.2, 0) is 4.79 Å². The Morgan fingerprint density at radius 1 is 1.42 bits per heavy atom. The largest absolute Gasteiger partial charge is 0.383 e. The number of hydrogen-bond acceptors (Lipinski definition) is 5. The highest BCUT2D eigenvalue weighted by Gasteiger charge is 2.24. The fraction of sp³-hybridized carbons (Fsp3) is 0.412. The molecule has 0 saturated heterocycles. The van der Waals surface area contributed by atoms with Crippen LogP contribution >= 0.6 is 0 Å². The standard InChI is InChI=1S/C17H24N6O/c1-6-10(4)12(17(24)20-5)14(18)11-7-23(9(2)3)16-13(11)15(19)21-8-22-16/h7-9,18H,6H2,1-5H3,(H,20,24)(H2,19,21,22)/b12-10-,18-14?. The molecule has 24 heavy (non-hydrogen) atoms. The Labute approximate surface area is 141 Å². The van der Waals surface area contributed by atoms with Crippen LogP contribution in [0.3, 0.4) is 0 Å². The van der Waals surface area contributed by atoms with Gasteiger partial charge in [0.05, 0.1) is 16.7 Å². The molecule has 0 atom stereocenters. The summed E-state index contributed by atoms with van der Waals surface area (Å²) in [6, 6.07) is 0.142. The lowest BCUT2D eigenvalue weighted by Gasteiger charge is -2.11. The molecule has 1 amide bonds. The molecule has 0 spiro atoms. The number of carbonyl (C=O) groups is 1. The van der Waals surface area contributed by atoms with E-state index in [4.69, 9.17) is 11.1 Å². The van der Waals surface area contributed by atoms with Gasteiger partial charge < -0.3 is 15.6 Å². The first-order valence-electron chi connectivity index (χ1n) is 7.95. The van der Waals surface area contributed by atoms with Crippen molar-refractivity contribution in [1.82, 2.24) is 19.9 Å². The molecule has 0 fully saturated rings. The highest BCUT2D eigenvalue weighted by atomic mass is 16.1. The quantitative estimate of drug-likeness (QED) is 0.578. The predicted molar refractivity (Wildman–Crippen MR) is 96.2 cm³/mol. The van der Waals surface area contributed by atoms with Crippen LogP contribution in [0.5, 0.6) is 0 Å². The lowest BCUT2D eigenvalue weighted by Crippen LogP contribution is -2.26. The molecule has 2 aromatic heterocycles. The van der Waals surface area contributed by atoms with E-state index >= 15 is 0 Å². The number of hydrogen-bond donors (Lipinski definition) is 3. The maximum atomic E-state index is 12.3. The lowest BCUT2D eigenvalue weighted by atomic mass is 9.96. The molecule has 0 saturated carbocycles. The Balaban J connectivity index is 2.76. The molecule has 2 heterocycles. The van der Waals surface area contributed by atoms with Gasteiger partial charge in [-0.2, -0.15) is 0 Å². The van der Waals surface area contributed by atoms with Crippen LogP contribution in [-0.4, -0.2) is 33.2 Å². The van der Waals surface area contributed by atoms with Crippen molar-refractivity contribution in [2.75, 3.05) is 12.8 Å². The third-order valence-corrected chi connectivity index (χ3v) is 4.13. The summed E-state index contributed by atoms with van der Waals surface area (Å²) in [5.41, 5.74) is 8.64. The van der Waals surface area contributed by atoms with Gasteiger partial charge in [-0.05, 0) is 27.2 Å². The van der Waals surface area contributed by atoms with Gasteiger partial charge in [0, 0.05) is 24.8 Å².